The van der Waals surface area contributed by atoms with Crippen LogP contribution in [-0.2, 0) is 10.4 Å². The predicted octanol–water partition coefficient (Wildman–Crippen LogP) is 3.10. The number of hydrogen-bond acceptors (Lipinski definition) is 8. The van der Waals surface area contributed by atoms with Crippen molar-refractivity contribution in [2.45, 2.75) is 32.8 Å². The van der Waals surface area contributed by atoms with Crippen LogP contribution in [0, 0.1) is 0 Å². The molecule has 0 saturated carbocycles. The SMILES string of the molecule is CCOc1cc(C2=CC(O)(CC(=O)NO)c3cc(O)ccc3O2)cc(OCC)c1OCC. The third-order valence-electron chi connectivity index (χ3n) is 4.77. The molecule has 0 aromatic heterocycles. The number of aromatic hydroxyl groups is 1. The second-order valence-electron chi connectivity index (χ2n) is 7.03. The highest BCUT2D eigenvalue weighted by Gasteiger charge is 2.38. The third kappa shape index (κ3) is 4.74. The van der Waals surface area contributed by atoms with Crippen molar-refractivity contribution in [1.29, 1.82) is 0 Å². The predicted molar refractivity (Wildman–Crippen MR) is 115 cm³/mol. The van der Waals surface area contributed by atoms with Crippen LogP contribution in [0.1, 0.15) is 38.3 Å². The van der Waals surface area contributed by atoms with Gasteiger partial charge in [-0.25, -0.2) is 5.48 Å². The maximum Gasteiger partial charge on any atom is 0.246 e. The van der Waals surface area contributed by atoms with Gasteiger partial charge >= 0.3 is 0 Å². The van der Waals surface area contributed by atoms with E-state index >= 15 is 0 Å². The summed E-state index contributed by atoms with van der Waals surface area (Å²) in [6.07, 6.45) is 0.853. The molecule has 2 aromatic carbocycles. The zero-order valence-electron chi connectivity index (χ0n) is 18.2. The number of phenols is 1. The minimum Gasteiger partial charge on any atom is -0.508 e. The molecule has 9 nitrogen and oxygen atoms in total. The summed E-state index contributed by atoms with van der Waals surface area (Å²) < 4.78 is 23.2. The first kappa shape index (κ1) is 23.2. The number of rotatable bonds is 9. The fraction of sp³-hybridized carbons (Fsp3) is 0.348. The van der Waals surface area contributed by atoms with Crippen LogP contribution in [-0.4, -0.2) is 41.1 Å². The van der Waals surface area contributed by atoms with E-state index in [2.05, 4.69) is 0 Å². The summed E-state index contributed by atoms with van der Waals surface area (Å²) >= 11 is 0. The van der Waals surface area contributed by atoms with Gasteiger partial charge in [0, 0.05) is 11.1 Å². The van der Waals surface area contributed by atoms with Crippen molar-refractivity contribution < 1.29 is 39.2 Å². The highest BCUT2D eigenvalue weighted by atomic mass is 16.5. The van der Waals surface area contributed by atoms with E-state index in [0.717, 1.165) is 0 Å². The first-order chi connectivity index (χ1) is 15.3. The summed E-state index contributed by atoms with van der Waals surface area (Å²) in [4.78, 5) is 11.9. The first-order valence-electron chi connectivity index (χ1n) is 10.3. The third-order valence-corrected chi connectivity index (χ3v) is 4.77. The number of carbonyl (C=O) groups is 1. The number of phenolic OH excluding ortho intramolecular Hbond substituents is 1. The van der Waals surface area contributed by atoms with E-state index in [9.17, 15) is 15.0 Å². The summed E-state index contributed by atoms with van der Waals surface area (Å²) in [7, 11) is 0. The van der Waals surface area contributed by atoms with Crippen LogP contribution in [0.25, 0.3) is 5.76 Å². The Balaban J connectivity index is 2.16. The van der Waals surface area contributed by atoms with Gasteiger partial charge in [0.25, 0.3) is 0 Å². The molecule has 1 amide bonds. The number of benzene rings is 2. The molecule has 1 unspecified atom stereocenters. The standard InChI is InChI=1S/C23H27NO8/c1-4-29-18-9-14(10-19(30-5-2)22(18)31-6-3)20-12-23(27,13-21(26)24-28)16-11-15(25)7-8-17(16)32-20/h7-12,25,27-28H,4-6,13H2,1-3H3,(H,24,26). The Bertz CT molecular complexity index is 992. The summed E-state index contributed by atoms with van der Waals surface area (Å²) in [5, 5.41) is 30.2. The summed E-state index contributed by atoms with van der Waals surface area (Å²) in [6, 6.07) is 7.59. The Labute approximate surface area is 185 Å². The van der Waals surface area contributed by atoms with E-state index in [1.165, 1.54) is 29.8 Å². The number of carbonyl (C=O) groups excluding carboxylic acids is 1. The molecule has 1 heterocycles. The summed E-state index contributed by atoms with van der Waals surface area (Å²) in [5.74, 6) is 0.901. The molecule has 1 atom stereocenters. The molecule has 1 aliphatic rings. The number of aliphatic hydroxyl groups is 1. The van der Waals surface area contributed by atoms with Crippen molar-refractivity contribution in [2.75, 3.05) is 19.8 Å². The van der Waals surface area contributed by atoms with Gasteiger partial charge in [-0.3, -0.25) is 10.0 Å². The largest absolute Gasteiger partial charge is 0.508 e. The minimum absolute atomic E-state index is 0.106. The Morgan fingerprint density at radius 1 is 1.03 bits per heavy atom. The van der Waals surface area contributed by atoms with Gasteiger partial charge in [-0.2, -0.15) is 0 Å². The van der Waals surface area contributed by atoms with E-state index in [4.69, 9.17) is 24.2 Å². The fourth-order valence-corrected chi connectivity index (χ4v) is 3.49. The molecule has 0 bridgehead atoms. The minimum atomic E-state index is -1.86. The van der Waals surface area contributed by atoms with Gasteiger partial charge < -0.3 is 29.2 Å². The zero-order chi connectivity index (χ0) is 23.3. The lowest BCUT2D eigenvalue weighted by molar-refractivity contribution is -0.133. The Morgan fingerprint density at radius 3 is 2.22 bits per heavy atom. The van der Waals surface area contributed by atoms with E-state index in [1.54, 1.807) is 12.1 Å². The Hall–Kier alpha value is -3.43. The van der Waals surface area contributed by atoms with Crippen molar-refractivity contribution in [1.82, 2.24) is 5.48 Å². The average Bonchev–Trinajstić information content (AvgIpc) is 2.76. The molecule has 0 saturated heterocycles. The normalized spacial score (nSPS) is 17.0. The number of hydroxylamine groups is 1. The van der Waals surface area contributed by atoms with E-state index < -0.39 is 17.9 Å². The van der Waals surface area contributed by atoms with Crippen molar-refractivity contribution in [3.05, 3.63) is 47.5 Å². The molecule has 2 aromatic rings. The zero-order valence-corrected chi connectivity index (χ0v) is 18.2. The molecular formula is C23H27NO8. The molecule has 172 valence electrons. The molecule has 0 spiro atoms. The smallest absolute Gasteiger partial charge is 0.246 e. The van der Waals surface area contributed by atoms with Crippen LogP contribution in [0.4, 0.5) is 0 Å². The van der Waals surface area contributed by atoms with Gasteiger partial charge in [0.15, 0.2) is 11.5 Å². The van der Waals surface area contributed by atoms with Crippen molar-refractivity contribution >= 4 is 11.7 Å². The number of amides is 1. The van der Waals surface area contributed by atoms with Crippen molar-refractivity contribution in [3.8, 4) is 28.7 Å². The lowest BCUT2D eigenvalue weighted by atomic mass is 9.86. The lowest BCUT2D eigenvalue weighted by Gasteiger charge is -2.32. The number of fused-ring (bicyclic) bond motifs is 1. The second-order valence-corrected chi connectivity index (χ2v) is 7.03. The van der Waals surface area contributed by atoms with E-state index in [-0.39, 0.29) is 22.8 Å². The van der Waals surface area contributed by atoms with Gasteiger partial charge in [0.05, 0.1) is 26.2 Å². The molecule has 9 heteroatoms. The van der Waals surface area contributed by atoms with Gasteiger partial charge in [0.1, 0.15) is 22.9 Å². The molecule has 32 heavy (non-hydrogen) atoms. The first-order valence-corrected chi connectivity index (χ1v) is 10.3. The molecule has 0 radical (unpaired) electrons. The highest BCUT2D eigenvalue weighted by Crippen LogP contribution is 2.46. The Kier molecular flexibility index (Phi) is 7.12. The average molecular weight is 445 g/mol. The van der Waals surface area contributed by atoms with Crippen LogP contribution in [0.2, 0.25) is 0 Å². The van der Waals surface area contributed by atoms with Gasteiger partial charge in [-0.05, 0) is 57.2 Å². The molecule has 1 aliphatic heterocycles. The maximum absolute atomic E-state index is 11.9. The topological polar surface area (TPSA) is 127 Å². The van der Waals surface area contributed by atoms with E-state index in [1.807, 2.05) is 20.8 Å². The van der Waals surface area contributed by atoms with Crippen LogP contribution in [0.5, 0.6) is 28.7 Å². The molecular weight excluding hydrogens is 418 g/mol. The molecule has 4 N–H and O–H groups in total. The lowest BCUT2D eigenvalue weighted by Crippen LogP contribution is -2.34. The van der Waals surface area contributed by atoms with Crippen molar-refractivity contribution in [2.24, 2.45) is 0 Å². The van der Waals surface area contributed by atoms with Crippen LogP contribution >= 0.6 is 0 Å². The molecule has 0 fully saturated rings. The van der Waals surface area contributed by atoms with Gasteiger partial charge in [-0.15, -0.1) is 0 Å². The fourth-order valence-electron chi connectivity index (χ4n) is 3.49. The number of ether oxygens (including phenoxy) is 4. The van der Waals surface area contributed by atoms with Gasteiger partial charge in [-0.1, -0.05) is 0 Å². The van der Waals surface area contributed by atoms with Crippen LogP contribution in [0.3, 0.4) is 0 Å². The quantitative estimate of drug-likeness (QED) is 0.343. The molecule has 0 aliphatic carbocycles. The number of nitrogens with one attached hydrogen (secondary N) is 1. The van der Waals surface area contributed by atoms with Crippen LogP contribution < -0.4 is 24.4 Å². The van der Waals surface area contributed by atoms with E-state index in [0.29, 0.717) is 42.6 Å². The Morgan fingerprint density at radius 2 is 1.66 bits per heavy atom. The summed E-state index contributed by atoms with van der Waals surface area (Å²) in [6.45, 7) is 6.72. The second kappa shape index (κ2) is 9.80. The van der Waals surface area contributed by atoms with Crippen molar-refractivity contribution in [3.63, 3.8) is 0 Å². The maximum atomic E-state index is 11.9. The van der Waals surface area contributed by atoms with Crippen LogP contribution in [0.15, 0.2) is 36.4 Å². The number of hydrogen-bond donors (Lipinski definition) is 4. The highest BCUT2D eigenvalue weighted by molar-refractivity contribution is 5.79. The monoisotopic (exact) mass is 445 g/mol. The van der Waals surface area contributed by atoms with Gasteiger partial charge in [0.2, 0.25) is 11.7 Å². The molecule has 3 rings (SSSR count). The summed E-state index contributed by atoms with van der Waals surface area (Å²) in [5.41, 5.74) is 0.368.